The highest BCUT2D eigenvalue weighted by Crippen LogP contribution is 2.17. The van der Waals surface area contributed by atoms with E-state index < -0.39 is 0 Å². The highest BCUT2D eigenvalue weighted by Gasteiger charge is 2.07. The number of hydrogen-bond donors (Lipinski definition) is 2. The van der Waals surface area contributed by atoms with Crippen LogP contribution in [0.25, 0.3) is 0 Å². The number of halogens is 1. The number of rotatable bonds is 4. The van der Waals surface area contributed by atoms with Crippen LogP contribution in [0.1, 0.15) is 16.1 Å². The molecule has 94 valence electrons. The van der Waals surface area contributed by atoms with Crippen LogP contribution in [0.2, 0.25) is 0 Å². The molecule has 0 atom stereocenters. The molecule has 0 bridgehead atoms. The summed E-state index contributed by atoms with van der Waals surface area (Å²) in [6.45, 7) is 0.564. The molecule has 0 aliphatic carbocycles. The molecule has 1 aromatic carbocycles. The standard InChI is InChI=1S/C12H12BrN3OS/c13-9-3-8(4-10(14)5-9)12(17)15-2-1-11-6-18-7-16-11/h3-7H,1-2,14H2,(H,15,17). The number of nitrogen functional groups attached to an aromatic ring is 1. The maximum Gasteiger partial charge on any atom is 0.251 e. The molecule has 1 amide bonds. The van der Waals surface area contributed by atoms with Gasteiger partial charge in [-0.1, -0.05) is 15.9 Å². The van der Waals surface area contributed by atoms with Gasteiger partial charge in [-0.25, -0.2) is 4.98 Å². The van der Waals surface area contributed by atoms with Crippen molar-refractivity contribution < 1.29 is 4.79 Å². The third kappa shape index (κ3) is 3.54. The first-order valence-corrected chi connectivity index (χ1v) is 7.10. The van der Waals surface area contributed by atoms with Gasteiger partial charge in [-0.2, -0.15) is 0 Å². The van der Waals surface area contributed by atoms with Crippen LogP contribution >= 0.6 is 27.3 Å². The fourth-order valence-corrected chi connectivity index (χ4v) is 2.61. The maximum atomic E-state index is 11.9. The number of carbonyl (C=O) groups excluding carboxylic acids is 1. The van der Waals surface area contributed by atoms with Crippen LogP contribution in [-0.2, 0) is 6.42 Å². The lowest BCUT2D eigenvalue weighted by atomic mass is 10.2. The van der Waals surface area contributed by atoms with Gasteiger partial charge in [-0.3, -0.25) is 4.79 Å². The topological polar surface area (TPSA) is 68.0 Å². The zero-order valence-corrected chi connectivity index (χ0v) is 11.9. The Morgan fingerprint density at radius 1 is 1.44 bits per heavy atom. The Morgan fingerprint density at radius 2 is 2.28 bits per heavy atom. The zero-order chi connectivity index (χ0) is 13.0. The normalized spacial score (nSPS) is 10.3. The highest BCUT2D eigenvalue weighted by molar-refractivity contribution is 9.10. The molecule has 0 aliphatic heterocycles. The molecule has 2 rings (SSSR count). The molecular weight excluding hydrogens is 314 g/mol. The van der Waals surface area contributed by atoms with Crippen molar-refractivity contribution in [2.24, 2.45) is 0 Å². The van der Waals surface area contributed by atoms with Gasteiger partial charge in [0.25, 0.3) is 5.91 Å². The maximum absolute atomic E-state index is 11.9. The third-order valence-electron chi connectivity index (χ3n) is 2.33. The molecule has 2 aromatic rings. The SMILES string of the molecule is Nc1cc(Br)cc(C(=O)NCCc2cscn2)c1. The molecule has 0 spiro atoms. The Hall–Kier alpha value is -1.40. The molecule has 4 nitrogen and oxygen atoms in total. The summed E-state index contributed by atoms with van der Waals surface area (Å²) in [6.07, 6.45) is 0.735. The minimum atomic E-state index is -0.127. The molecule has 3 N–H and O–H groups in total. The van der Waals surface area contributed by atoms with Crippen LogP contribution in [0.4, 0.5) is 5.69 Å². The Morgan fingerprint density at radius 3 is 2.94 bits per heavy atom. The van der Waals surface area contributed by atoms with Gasteiger partial charge >= 0.3 is 0 Å². The number of thiazole rings is 1. The first-order valence-electron chi connectivity index (χ1n) is 5.36. The number of benzene rings is 1. The molecule has 0 aliphatic rings. The van der Waals surface area contributed by atoms with E-state index in [9.17, 15) is 4.79 Å². The van der Waals surface area contributed by atoms with E-state index in [0.717, 1.165) is 16.6 Å². The summed E-state index contributed by atoms with van der Waals surface area (Å²) < 4.78 is 0.798. The minimum Gasteiger partial charge on any atom is -0.399 e. The number of nitrogens with zero attached hydrogens (tertiary/aromatic N) is 1. The van der Waals surface area contributed by atoms with Gasteiger partial charge in [0.15, 0.2) is 0 Å². The Labute approximate surface area is 117 Å². The van der Waals surface area contributed by atoms with Gasteiger partial charge < -0.3 is 11.1 Å². The summed E-state index contributed by atoms with van der Waals surface area (Å²) in [4.78, 5) is 16.0. The number of amides is 1. The fraction of sp³-hybridized carbons (Fsp3) is 0.167. The van der Waals surface area contributed by atoms with Gasteiger partial charge in [0, 0.05) is 34.1 Å². The predicted octanol–water partition coefficient (Wildman–Crippen LogP) is 2.46. The fourth-order valence-electron chi connectivity index (χ4n) is 1.51. The van der Waals surface area contributed by atoms with Crippen molar-refractivity contribution in [1.29, 1.82) is 0 Å². The molecule has 0 unspecified atom stereocenters. The van der Waals surface area contributed by atoms with Crippen molar-refractivity contribution in [1.82, 2.24) is 10.3 Å². The lowest BCUT2D eigenvalue weighted by Gasteiger charge is -2.05. The van der Waals surface area contributed by atoms with E-state index in [1.807, 2.05) is 5.38 Å². The second kappa shape index (κ2) is 5.97. The Kier molecular flexibility index (Phi) is 4.33. The number of hydrogen-bond acceptors (Lipinski definition) is 4. The number of aromatic nitrogens is 1. The number of nitrogens with two attached hydrogens (primary N) is 1. The van der Waals surface area contributed by atoms with E-state index in [-0.39, 0.29) is 5.91 Å². The van der Waals surface area contributed by atoms with Crippen LogP contribution in [0, 0.1) is 0 Å². The Bertz CT molecular complexity index is 522. The second-order valence-electron chi connectivity index (χ2n) is 3.76. The molecule has 0 fully saturated rings. The van der Waals surface area contributed by atoms with E-state index in [2.05, 4.69) is 26.2 Å². The van der Waals surface area contributed by atoms with Crippen molar-refractivity contribution in [3.8, 4) is 0 Å². The van der Waals surface area contributed by atoms with Crippen molar-refractivity contribution in [2.45, 2.75) is 6.42 Å². The van der Waals surface area contributed by atoms with Crippen LogP contribution in [-0.4, -0.2) is 17.4 Å². The third-order valence-corrected chi connectivity index (χ3v) is 3.43. The lowest BCUT2D eigenvalue weighted by Crippen LogP contribution is -2.25. The second-order valence-corrected chi connectivity index (χ2v) is 5.39. The molecular formula is C12H12BrN3OS. The molecule has 18 heavy (non-hydrogen) atoms. The zero-order valence-electron chi connectivity index (χ0n) is 9.52. The quantitative estimate of drug-likeness (QED) is 0.848. The first-order chi connectivity index (χ1) is 8.65. The van der Waals surface area contributed by atoms with Gasteiger partial charge in [-0.05, 0) is 18.2 Å². The lowest BCUT2D eigenvalue weighted by molar-refractivity contribution is 0.0954. The van der Waals surface area contributed by atoms with E-state index in [1.54, 1.807) is 35.0 Å². The average Bonchev–Trinajstić information content (AvgIpc) is 2.80. The summed E-state index contributed by atoms with van der Waals surface area (Å²) in [7, 11) is 0. The highest BCUT2D eigenvalue weighted by atomic mass is 79.9. The summed E-state index contributed by atoms with van der Waals surface area (Å²) >= 11 is 4.86. The summed E-state index contributed by atoms with van der Waals surface area (Å²) in [5.41, 5.74) is 9.58. The molecule has 1 aromatic heterocycles. The van der Waals surface area contributed by atoms with E-state index in [0.29, 0.717) is 17.8 Å². The van der Waals surface area contributed by atoms with Crippen LogP contribution < -0.4 is 11.1 Å². The van der Waals surface area contributed by atoms with Crippen molar-refractivity contribution in [3.63, 3.8) is 0 Å². The number of nitrogens with one attached hydrogen (secondary N) is 1. The number of anilines is 1. The van der Waals surface area contributed by atoms with Gasteiger partial charge in [0.1, 0.15) is 0 Å². The Balaban J connectivity index is 1.91. The van der Waals surface area contributed by atoms with Crippen molar-refractivity contribution >= 4 is 38.9 Å². The molecule has 0 radical (unpaired) electrons. The van der Waals surface area contributed by atoms with E-state index >= 15 is 0 Å². The van der Waals surface area contributed by atoms with E-state index in [1.165, 1.54) is 0 Å². The van der Waals surface area contributed by atoms with Gasteiger partial charge in [-0.15, -0.1) is 11.3 Å². The van der Waals surface area contributed by atoms with E-state index in [4.69, 9.17) is 5.73 Å². The van der Waals surface area contributed by atoms with Crippen molar-refractivity contribution in [2.75, 3.05) is 12.3 Å². The monoisotopic (exact) mass is 325 g/mol. The minimum absolute atomic E-state index is 0.127. The smallest absolute Gasteiger partial charge is 0.251 e. The first kappa shape index (κ1) is 13.0. The van der Waals surface area contributed by atoms with Gasteiger partial charge in [0.2, 0.25) is 0 Å². The van der Waals surface area contributed by atoms with Gasteiger partial charge in [0.05, 0.1) is 11.2 Å². The van der Waals surface area contributed by atoms with Crippen LogP contribution in [0.15, 0.2) is 33.6 Å². The average molecular weight is 326 g/mol. The largest absolute Gasteiger partial charge is 0.399 e. The molecule has 6 heteroatoms. The molecule has 0 saturated heterocycles. The molecule has 1 heterocycles. The van der Waals surface area contributed by atoms with Crippen LogP contribution in [0.3, 0.4) is 0 Å². The summed E-state index contributed by atoms with van der Waals surface area (Å²) in [5, 5.41) is 4.82. The molecule has 0 saturated carbocycles. The summed E-state index contributed by atoms with van der Waals surface area (Å²) in [5.74, 6) is -0.127. The van der Waals surface area contributed by atoms with Crippen LogP contribution in [0.5, 0.6) is 0 Å². The predicted molar refractivity (Wildman–Crippen MR) is 76.7 cm³/mol. The number of carbonyl (C=O) groups is 1. The summed E-state index contributed by atoms with van der Waals surface area (Å²) in [6, 6.07) is 5.16. The van der Waals surface area contributed by atoms with Crippen molar-refractivity contribution in [3.05, 3.63) is 44.8 Å².